The molecule has 1 N–H and O–H groups in total. The second-order valence-corrected chi connectivity index (χ2v) is 6.51. The van der Waals surface area contributed by atoms with Crippen LogP contribution >= 0.6 is 11.3 Å². The van der Waals surface area contributed by atoms with Crippen molar-refractivity contribution in [3.05, 3.63) is 59.5 Å². The number of carbonyl (C=O) groups excluding carboxylic acids is 1. The Balaban J connectivity index is 1.61. The highest BCUT2D eigenvalue weighted by atomic mass is 32.1. The van der Waals surface area contributed by atoms with Crippen LogP contribution in [0.1, 0.15) is 12.5 Å². The molecule has 1 atom stereocenters. The summed E-state index contributed by atoms with van der Waals surface area (Å²) in [5.41, 5.74) is 2.25. The average molecular weight is 379 g/mol. The number of benzene rings is 2. The molecule has 0 radical (unpaired) electrons. The van der Waals surface area contributed by atoms with Gasteiger partial charge in [-0.25, -0.2) is 4.98 Å². The van der Waals surface area contributed by atoms with E-state index >= 15 is 0 Å². The summed E-state index contributed by atoms with van der Waals surface area (Å²) >= 11 is 1.35. The SMILES string of the molecule is COc1ccc(-c2csc(NC(=O)C(C)Oc3ccc(C#N)cc3)n2)cc1. The number of nitriles is 1. The summed E-state index contributed by atoms with van der Waals surface area (Å²) in [6.45, 7) is 1.66. The third-order valence-corrected chi connectivity index (χ3v) is 4.54. The standard InChI is InChI=1S/C20H17N3O3S/c1-13(26-17-7-3-14(11-21)4-8-17)19(24)23-20-22-18(12-27-20)15-5-9-16(25-2)10-6-15/h3-10,12-13H,1-2H3,(H,22,23,24). The van der Waals surface area contributed by atoms with Gasteiger partial charge in [-0.1, -0.05) is 0 Å². The Kier molecular flexibility index (Phi) is 5.69. The van der Waals surface area contributed by atoms with Crippen molar-refractivity contribution in [3.8, 4) is 28.8 Å². The molecule has 0 spiro atoms. The normalized spacial score (nSPS) is 11.3. The monoisotopic (exact) mass is 379 g/mol. The van der Waals surface area contributed by atoms with Crippen LogP contribution in [0.2, 0.25) is 0 Å². The number of methoxy groups -OCH3 is 1. The minimum Gasteiger partial charge on any atom is -0.497 e. The molecular weight excluding hydrogens is 362 g/mol. The van der Waals surface area contributed by atoms with Crippen molar-refractivity contribution in [2.75, 3.05) is 12.4 Å². The molecule has 0 fully saturated rings. The van der Waals surface area contributed by atoms with Gasteiger partial charge in [-0.05, 0) is 55.5 Å². The van der Waals surface area contributed by atoms with Crippen LogP contribution in [0.25, 0.3) is 11.3 Å². The zero-order valence-corrected chi connectivity index (χ0v) is 15.6. The van der Waals surface area contributed by atoms with Crippen molar-refractivity contribution in [2.45, 2.75) is 13.0 Å². The third-order valence-electron chi connectivity index (χ3n) is 3.79. The van der Waals surface area contributed by atoms with Crippen LogP contribution in [0.4, 0.5) is 5.13 Å². The second-order valence-electron chi connectivity index (χ2n) is 5.65. The number of hydrogen-bond donors (Lipinski definition) is 1. The number of carbonyl (C=O) groups is 1. The van der Waals surface area contributed by atoms with E-state index in [1.165, 1.54) is 11.3 Å². The van der Waals surface area contributed by atoms with Crippen molar-refractivity contribution < 1.29 is 14.3 Å². The predicted molar refractivity (Wildman–Crippen MR) is 104 cm³/mol. The maximum atomic E-state index is 12.3. The maximum Gasteiger partial charge on any atom is 0.266 e. The number of hydrogen-bond acceptors (Lipinski definition) is 6. The molecule has 1 heterocycles. The lowest BCUT2D eigenvalue weighted by Gasteiger charge is -2.13. The highest BCUT2D eigenvalue weighted by Gasteiger charge is 2.17. The number of ether oxygens (including phenoxy) is 2. The number of aromatic nitrogens is 1. The number of amides is 1. The molecule has 3 rings (SSSR count). The molecule has 1 amide bonds. The summed E-state index contributed by atoms with van der Waals surface area (Å²) in [4.78, 5) is 16.8. The van der Waals surface area contributed by atoms with Gasteiger partial charge in [0.15, 0.2) is 11.2 Å². The van der Waals surface area contributed by atoms with Crippen molar-refractivity contribution in [1.82, 2.24) is 4.98 Å². The van der Waals surface area contributed by atoms with Gasteiger partial charge in [-0.2, -0.15) is 5.26 Å². The van der Waals surface area contributed by atoms with E-state index in [1.807, 2.05) is 35.7 Å². The van der Waals surface area contributed by atoms with Gasteiger partial charge in [-0.3, -0.25) is 10.1 Å². The fourth-order valence-corrected chi connectivity index (χ4v) is 3.02. The zero-order valence-electron chi connectivity index (χ0n) is 14.8. The van der Waals surface area contributed by atoms with Gasteiger partial charge in [0, 0.05) is 10.9 Å². The van der Waals surface area contributed by atoms with Crippen LogP contribution < -0.4 is 14.8 Å². The topological polar surface area (TPSA) is 84.2 Å². The molecule has 0 saturated heterocycles. The van der Waals surface area contributed by atoms with Crippen molar-refractivity contribution in [3.63, 3.8) is 0 Å². The van der Waals surface area contributed by atoms with Crippen LogP contribution in [0.5, 0.6) is 11.5 Å². The first-order valence-corrected chi connectivity index (χ1v) is 9.04. The predicted octanol–water partition coefficient (Wildman–Crippen LogP) is 4.10. The number of rotatable bonds is 6. The minimum atomic E-state index is -0.703. The van der Waals surface area contributed by atoms with E-state index in [9.17, 15) is 4.79 Å². The molecule has 1 unspecified atom stereocenters. The molecule has 0 saturated carbocycles. The molecule has 6 nitrogen and oxygen atoms in total. The van der Waals surface area contributed by atoms with Crippen LogP contribution in [0.3, 0.4) is 0 Å². The van der Waals surface area contributed by atoms with Crippen molar-refractivity contribution in [2.24, 2.45) is 0 Å². The third kappa shape index (κ3) is 4.63. The second kappa shape index (κ2) is 8.34. The first-order chi connectivity index (χ1) is 13.1. The Morgan fingerprint density at radius 1 is 1.15 bits per heavy atom. The average Bonchev–Trinajstić information content (AvgIpc) is 3.17. The van der Waals surface area contributed by atoms with E-state index in [2.05, 4.69) is 10.3 Å². The lowest BCUT2D eigenvalue weighted by atomic mass is 10.2. The summed E-state index contributed by atoms with van der Waals surface area (Å²) < 4.78 is 10.8. The molecule has 3 aromatic rings. The summed E-state index contributed by atoms with van der Waals surface area (Å²) in [6, 6.07) is 16.2. The molecule has 27 heavy (non-hydrogen) atoms. The van der Waals surface area contributed by atoms with E-state index in [0.717, 1.165) is 17.0 Å². The first-order valence-electron chi connectivity index (χ1n) is 8.16. The summed E-state index contributed by atoms with van der Waals surface area (Å²) in [7, 11) is 1.62. The van der Waals surface area contributed by atoms with Crippen LogP contribution in [-0.2, 0) is 4.79 Å². The van der Waals surface area contributed by atoms with Gasteiger partial charge >= 0.3 is 0 Å². The Hall–Kier alpha value is -3.37. The van der Waals surface area contributed by atoms with Crippen LogP contribution in [0.15, 0.2) is 53.9 Å². The highest BCUT2D eigenvalue weighted by Crippen LogP contribution is 2.26. The number of nitrogens with zero attached hydrogens (tertiary/aromatic N) is 2. The lowest BCUT2D eigenvalue weighted by molar-refractivity contribution is -0.122. The molecule has 0 aliphatic rings. The fraction of sp³-hybridized carbons (Fsp3) is 0.150. The first kappa shape index (κ1) is 18.4. The van der Waals surface area contributed by atoms with Gasteiger partial charge < -0.3 is 9.47 Å². The Labute approximate surface area is 161 Å². The van der Waals surface area contributed by atoms with Crippen LogP contribution in [0, 0.1) is 11.3 Å². The largest absolute Gasteiger partial charge is 0.497 e. The smallest absolute Gasteiger partial charge is 0.266 e. The van der Waals surface area contributed by atoms with Gasteiger partial charge in [-0.15, -0.1) is 11.3 Å². The van der Waals surface area contributed by atoms with Crippen molar-refractivity contribution in [1.29, 1.82) is 5.26 Å². The molecule has 0 bridgehead atoms. The Bertz CT molecular complexity index is 959. The number of nitrogens with one attached hydrogen (secondary N) is 1. The van der Waals surface area contributed by atoms with Crippen molar-refractivity contribution >= 4 is 22.4 Å². The molecule has 0 aliphatic carbocycles. The molecule has 1 aromatic heterocycles. The van der Waals surface area contributed by atoms with Gasteiger partial charge in [0.1, 0.15) is 11.5 Å². The number of anilines is 1. The molecule has 2 aromatic carbocycles. The van der Waals surface area contributed by atoms with E-state index < -0.39 is 6.10 Å². The lowest BCUT2D eigenvalue weighted by Crippen LogP contribution is -2.30. The summed E-state index contributed by atoms with van der Waals surface area (Å²) in [5.74, 6) is 1.00. The Morgan fingerprint density at radius 3 is 2.44 bits per heavy atom. The highest BCUT2D eigenvalue weighted by molar-refractivity contribution is 7.14. The quantitative estimate of drug-likeness (QED) is 0.697. The zero-order chi connectivity index (χ0) is 19.2. The summed E-state index contributed by atoms with van der Waals surface area (Å²) in [5, 5.41) is 13.9. The van der Waals surface area contributed by atoms with E-state index in [-0.39, 0.29) is 5.91 Å². The minimum absolute atomic E-state index is 0.296. The maximum absolute atomic E-state index is 12.3. The fourth-order valence-electron chi connectivity index (χ4n) is 2.30. The van der Waals surface area contributed by atoms with Crippen LogP contribution in [-0.4, -0.2) is 24.1 Å². The summed E-state index contributed by atoms with van der Waals surface area (Å²) in [6.07, 6.45) is -0.703. The molecule has 7 heteroatoms. The van der Waals surface area contributed by atoms with Gasteiger partial charge in [0.05, 0.1) is 24.4 Å². The Morgan fingerprint density at radius 2 is 1.81 bits per heavy atom. The van der Waals surface area contributed by atoms with E-state index in [4.69, 9.17) is 14.7 Å². The van der Waals surface area contributed by atoms with Gasteiger partial charge in [0.25, 0.3) is 5.91 Å². The van der Waals surface area contributed by atoms with E-state index in [0.29, 0.717) is 16.4 Å². The molecular formula is C20H17N3O3S. The van der Waals surface area contributed by atoms with Gasteiger partial charge in [0.2, 0.25) is 0 Å². The number of thiazole rings is 1. The molecule has 0 aliphatic heterocycles. The van der Waals surface area contributed by atoms with E-state index in [1.54, 1.807) is 38.3 Å². The molecule has 136 valence electrons.